The summed E-state index contributed by atoms with van der Waals surface area (Å²) < 4.78 is 10.9. The molecule has 0 spiro atoms. The fourth-order valence-electron chi connectivity index (χ4n) is 3.27. The first-order valence-electron chi connectivity index (χ1n) is 8.94. The number of hydrogen-bond donors (Lipinski definition) is 0. The van der Waals surface area contributed by atoms with Crippen molar-refractivity contribution in [2.45, 2.75) is 0 Å². The van der Waals surface area contributed by atoms with Gasteiger partial charge in [0.2, 0.25) is 0 Å². The summed E-state index contributed by atoms with van der Waals surface area (Å²) in [4.78, 5) is 25.5. The molecule has 1 fully saturated rings. The van der Waals surface area contributed by atoms with E-state index in [0.29, 0.717) is 37.7 Å². The van der Waals surface area contributed by atoms with E-state index in [9.17, 15) is 14.9 Å². The number of non-ortho nitro benzene ring substituents is 1. The number of nitro benzene ring substituents is 1. The van der Waals surface area contributed by atoms with Crippen molar-refractivity contribution in [3.05, 3.63) is 76.3 Å². The van der Waals surface area contributed by atoms with E-state index in [4.69, 9.17) is 9.47 Å². The van der Waals surface area contributed by atoms with Crippen LogP contribution in [-0.2, 0) is 4.74 Å². The number of benzene rings is 3. The molecular weight excluding hydrogens is 360 g/mol. The molecule has 0 aromatic heterocycles. The zero-order valence-corrected chi connectivity index (χ0v) is 15.0. The number of rotatable bonds is 4. The smallest absolute Gasteiger partial charge is 0.345 e. The molecule has 3 aromatic carbocycles. The number of hydrogen-bond acceptors (Lipinski definition) is 6. The molecule has 1 aliphatic heterocycles. The zero-order chi connectivity index (χ0) is 19.5. The van der Waals surface area contributed by atoms with E-state index in [1.165, 1.54) is 12.1 Å². The molecule has 0 bridgehead atoms. The first-order chi connectivity index (χ1) is 13.6. The molecule has 0 aliphatic carbocycles. The maximum atomic E-state index is 12.9. The van der Waals surface area contributed by atoms with Gasteiger partial charge in [0.15, 0.2) is 0 Å². The average molecular weight is 378 g/mol. The molecule has 28 heavy (non-hydrogen) atoms. The van der Waals surface area contributed by atoms with Gasteiger partial charge in [0.05, 0.1) is 29.4 Å². The summed E-state index contributed by atoms with van der Waals surface area (Å²) in [7, 11) is 0. The molecule has 1 aliphatic rings. The minimum atomic E-state index is -0.625. The fourth-order valence-corrected chi connectivity index (χ4v) is 3.27. The van der Waals surface area contributed by atoms with Crippen LogP contribution in [0.4, 0.5) is 11.4 Å². The second kappa shape index (κ2) is 7.66. The Balaban J connectivity index is 1.67. The lowest BCUT2D eigenvalue weighted by Gasteiger charge is -2.30. The van der Waals surface area contributed by atoms with E-state index in [2.05, 4.69) is 0 Å². The monoisotopic (exact) mass is 378 g/mol. The minimum Gasteiger partial charge on any atom is -0.423 e. The minimum absolute atomic E-state index is 0.150. The highest BCUT2D eigenvalue weighted by Gasteiger charge is 2.23. The number of nitrogens with zero attached hydrogens (tertiary/aromatic N) is 2. The maximum Gasteiger partial charge on any atom is 0.345 e. The fraction of sp³-hybridized carbons (Fsp3) is 0.190. The molecule has 7 heteroatoms. The van der Waals surface area contributed by atoms with Gasteiger partial charge < -0.3 is 14.4 Å². The normalized spacial score (nSPS) is 14.1. The molecule has 4 rings (SSSR count). The van der Waals surface area contributed by atoms with Crippen LogP contribution in [0.1, 0.15) is 10.4 Å². The number of esters is 1. The van der Waals surface area contributed by atoms with Crippen LogP contribution in [0.3, 0.4) is 0 Å². The molecule has 0 saturated carbocycles. The van der Waals surface area contributed by atoms with Crippen LogP contribution < -0.4 is 9.64 Å². The van der Waals surface area contributed by atoms with Crippen molar-refractivity contribution in [3.8, 4) is 5.75 Å². The molecule has 0 amide bonds. The van der Waals surface area contributed by atoms with Crippen molar-refractivity contribution in [1.29, 1.82) is 0 Å². The van der Waals surface area contributed by atoms with Gasteiger partial charge in [-0.3, -0.25) is 10.1 Å². The summed E-state index contributed by atoms with van der Waals surface area (Å²) in [6.07, 6.45) is 0. The Labute approximate surface area is 161 Å². The molecule has 142 valence electrons. The number of nitro groups is 1. The number of carbonyl (C=O) groups is 1. The third-order valence-corrected chi connectivity index (χ3v) is 4.69. The highest BCUT2D eigenvalue weighted by molar-refractivity contribution is 5.98. The maximum absolute atomic E-state index is 12.9. The highest BCUT2D eigenvalue weighted by atomic mass is 16.6. The van der Waals surface area contributed by atoms with Crippen LogP contribution in [0, 0.1) is 10.1 Å². The first kappa shape index (κ1) is 17.9. The van der Waals surface area contributed by atoms with E-state index in [1.807, 2.05) is 35.2 Å². The molecule has 1 heterocycles. The number of anilines is 1. The molecule has 3 aromatic rings. The largest absolute Gasteiger partial charge is 0.423 e. The van der Waals surface area contributed by atoms with Crippen LogP contribution in [0.25, 0.3) is 10.8 Å². The van der Waals surface area contributed by atoms with Gasteiger partial charge in [-0.15, -0.1) is 0 Å². The topological polar surface area (TPSA) is 81.9 Å². The van der Waals surface area contributed by atoms with Gasteiger partial charge in [-0.05, 0) is 29.0 Å². The van der Waals surface area contributed by atoms with E-state index in [1.54, 1.807) is 18.2 Å². The van der Waals surface area contributed by atoms with E-state index >= 15 is 0 Å². The summed E-state index contributed by atoms with van der Waals surface area (Å²) in [6.45, 7) is 2.29. The van der Waals surface area contributed by atoms with Gasteiger partial charge in [-0.2, -0.15) is 0 Å². The van der Waals surface area contributed by atoms with Crippen LogP contribution in [0.2, 0.25) is 0 Å². The molecule has 0 N–H and O–H groups in total. The second-order valence-electron chi connectivity index (χ2n) is 6.46. The summed E-state index contributed by atoms with van der Waals surface area (Å²) in [6, 6.07) is 17.4. The van der Waals surface area contributed by atoms with E-state index in [0.717, 1.165) is 10.8 Å². The Morgan fingerprint density at radius 2 is 1.75 bits per heavy atom. The van der Waals surface area contributed by atoms with E-state index < -0.39 is 10.9 Å². The predicted octanol–water partition coefficient (Wildman–Crippen LogP) is 3.80. The van der Waals surface area contributed by atoms with Gasteiger partial charge in [0, 0.05) is 25.2 Å². The quantitative estimate of drug-likeness (QED) is 0.297. The Morgan fingerprint density at radius 1 is 1.00 bits per heavy atom. The van der Waals surface area contributed by atoms with Gasteiger partial charge in [-0.25, -0.2) is 4.79 Å². The summed E-state index contributed by atoms with van der Waals surface area (Å²) >= 11 is 0. The number of fused-ring (bicyclic) bond motifs is 1. The van der Waals surface area contributed by atoms with Gasteiger partial charge in [0.25, 0.3) is 5.69 Å². The number of morpholine rings is 1. The molecule has 1 saturated heterocycles. The molecule has 0 atom stereocenters. The van der Waals surface area contributed by atoms with Crippen molar-refractivity contribution in [2.75, 3.05) is 31.2 Å². The first-order valence-corrected chi connectivity index (χ1v) is 8.94. The van der Waals surface area contributed by atoms with Gasteiger partial charge in [0.1, 0.15) is 5.75 Å². The van der Waals surface area contributed by atoms with Crippen molar-refractivity contribution < 1.29 is 19.2 Å². The molecule has 7 nitrogen and oxygen atoms in total. The summed E-state index contributed by atoms with van der Waals surface area (Å²) in [5.74, 6) is -0.233. The SMILES string of the molecule is O=C(Oc1ccc2ccccc2c1)c1cc([N+](=O)[O-])ccc1N1CCOCC1. The number of carbonyl (C=O) groups excluding carboxylic acids is 1. The van der Waals surface area contributed by atoms with Crippen molar-refractivity contribution in [2.24, 2.45) is 0 Å². The lowest BCUT2D eigenvalue weighted by Crippen LogP contribution is -2.37. The molecule has 0 radical (unpaired) electrons. The zero-order valence-electron chi connectivity index (χ0n) is 15.0. The summed E-state index contributed by atoms with van der Waals surface area (Å²) in [5, 5.41) is 13.2. The van der Waals surface area contributed by atoms with Crippen LogP contribution in [0.15, 0.2) is 60.7 Å². The van der Waals surface area contributed by atoms with Gasteiger partial charge >= 0.3 is 5.97 Å². The third kappa shape index (κ3) is 3.65. The van der Waals surface area contributed by atoms with Gasteiger partial charge in [-0.1, -0.05) is 30.3 Å². The van der Waals surface area contributed by atoms with Crippen molar-refractivity contribution in [1.82, 2.24) is 0 Å². The highest BCUT2D eigenvalue weighted by Crippen LogP contribution is 2.28. The Hall–Kier alpha value is -3.45. The predicted molar refractivity (Wildman–Crippen MR) is 105 cm³/mol. The van der Waals surface area contributed by atoms with Crippen LogP contribution in [-0.4, -0.2) is 37.2 Å². The van der Waals surface area contributed by atoms with Crippen LogP contribution in [0.5, 0.6) is 5.75 Å². The Morgan fingerprint density at radius 3 is 2.50 bits per heavy atom. The molecular formula is C21H18N2O5. The van der Waals surface area contributed by atoms with Crippen LogP contribution >= 0.6 is 0 Å². The Bertz CT molecular complexity index is 1040. The molecule has 0 unspecified atom stereocenters. The van der Waals surface area contributed by atoms with E-state index in [-0.39, 0.29) is 11.3 Å². The summed E-state index contributed by atoms with van der Waals surface area (Å²) in [5.41, 5.74) is 0.631. The number of ether oxygens (including phenoxy) is 2. The second-order valence-corrected chi connectivity index (χ2v) is 6.46. The average Bonchev–Trinajstić information content (AvgIpc) is 2.73. The lowest BCUT2D eigenvalue weighted by atomic mass is 10.1. The van der Waals surface area contributed by atoms with Crippen molar-refractivity contribution >= 4 is 28.1 Å². The Kier molecular flexibility index (Phi) is 4.90. The standard InChI is InChI=1S/C21H18N2O5/c24-21(28-18-7-5-15-3-1-2-4-16(15)13-18)19-14-17(23(25)26)6-8-20(19)22-9-11-27-12-10-22/h1-8,13-14H,9-12H2. The lowest BCUT2D eigenvalue weighted by molar-refractivity contribution is -0.384. The third-order valence-electron chi connectivity index (χ3n) is 4.69. The van der Waals surface area contributed by atoms with Crippen molar-refractivity contribution in [3.63, 3.8) is 0 Å².